The van der Waals surface area contributed by atoms with Crippen molar-refractivity contribution in [3.8, 4) is 5.75 Å². The number of hydrogen-bond acceptors (Lipinski definition) is 4. The number of rotatable bonds is 4. The van der Waals surface area contributed by atoms with E-state index in [-0.39, 0.29) is 5.56 Å². The molecule has 0 saturated carbocycles. The first-order valence-electron chi connectivity index (χ1n) is 9.60. The van der Waals surface area contributed by atoms with Gasteiger partial charge in [0, 0.05) is 6.04 Å². The average Bonchev–Trinajstić information content (AvgIpc) is 2.93. The number of fused-ring (bicyclic) bond motifs is 1. The van der Waals surface area contributed by atoms with Crippen LogP contribution in [-0.2, 0) is 6.54 Å². The third-order valence-corrected chi connectivity index (χ3v) is 5.38. The number of methoxy groups -OCH3 is 1. The molecular formula is C22H25N3O2. The maximum absolute atomic E-state index is 12.4. The molecule has 1 fully saturated rings. The van der Waals surface area contributed by atoms with Gasteiger partial charge in [0.1, 0.15) is 11.6 Å². The Morgan fingerprint density at radius 3 is 2.74 bits per heavy atom. The van der Waals surface area contributed by atoms with Crippen LogP contribution in [0.2, 0.25) is 0 Å². The molecule has 0 bridgehead atoms. The van der Waals surface area contributed by atoms with Crippen LogP contribution in [0, 0.1) is 0 Å². The van der Waals surface area contributed by atoms with E-state index in [1.165, 1.54) is 24.8 Å². The van der Waals surface area contributed by atoms with Gasteiger partial charge in [-0.25, -0.2) is 4.98 Å². The number of aromatic amines is 1. The molecule has 0 spiro atoms. The number of hydrogen-bond donors (Lipinski definition) is 1. The molecule has 1 saturated heterocycles. The molecule has 5 nitrogen and oxygen atoms in total. The normalized spacial score (nSPS) is 18.3. The van der Waals surface area contributed by atoms with E-state index in [1.807, 2.05) is 36.4 Å². The van der Waals surface area contributed by atoms with Crippen LogP contribution >= 0.6 is 0 Å². The van der Waals surface area contributed by atoms with Gasteiger partial charge >= 0.3 is 0 Å². The maximum atomic E-state index is 12.4. The lowest BCUT2D eigenvalue weighted by atomic mass is 10.0. The second-order valence-electron chi connectivity index (χ2n) is 7.14. The quantitative estimate of drug-likeness (QED) is 0.760. The van der Waals surface area contributed by atoms with Gasteiger partial charge in [-0.3, -0.25) is 9.69 Å². The van der Waals surface area contributed by atoms with Crippen LogP contribution in [0.25, 0.3) is 10.9 Å². The minimum Gasteiger partial charge on any atom is -0.497 e. The summed E-state index contributed by atoms with van der Waals surface area (Å²) in [4.78, 5) is 22.5. The summed E-state index contributed by atoms with van der Waals surface area (Å²) in [6.45, 7) is 1.66. The molecule has 0 amide bonds. The zero-order valence-corrected chi connectivity index (χ0v) is 15.6. The molecular weight excluding hydrogens is 338 g/mol. The lowest BCUT2D eigenvalue weighted by Gasteiger charge is -2.30. The Morgan fingerprint density at radius 1 is 1.11 bits per heavy atom. The Bertz CT molecular complexity index is 965. The number of nitrogens with one attached hydrogen (secondary N) is 1. The number of aromatic nitrogens is 2. The minimum atomic E-state index is -0.0635. The predicted octanol–water partition coefficient (Wildman–Crippen LogP) is 4.05. The summed E-state index contributed by atoms with van der Waals surface area (Å²) in [6.07, 6.45) is 4.74. The smallest absolute Gasteiger partial charge is 0.258 e. The molecule has 1 N–H and O–H groups in total. The lowest BCUT2D eigenvalue weighted by molar-refractivity contribution is 0.187. The first-order chi connectivity index (χ1) is 13.2. The van der Waals surface area contributed by atoms with Crippen molar-refractivity contribution in [2.24, 2.45) is 0 Å². The topological polar surface area (TPSA) is 58.2 Å². The van der Waals surface area contributed by atoms with Crippen LogP contribution in [-0.4, -0.2) is 28.5 Å². The summed E-state index contributed by atoms with van der Waals surface area (Å²) in [6, 6.07) is 16.2. The first kappa shape index (κ1) is 17.7. The van der Waals surface area contributed by atoms with Gasteiger partial charge in [-0.05, 0) is 49.2 Å². The van der Waals surface area contributed by atoms with Crippen molar-refractivity contribution in [3.63, 3.8) is 0 Å². The highest BCUT2D eigenvalue weighted by atomic mass is 16.5. The highest BCUT2D eigenvalue weighted by molar-refractivity contribution is 5.77. The lowest BCUT2D eigenvalue weighted by Crippen LogP contribution is -2.30. The van der Waals surface area contributed by atoms with E-state index in [1.54, 1.807) is 7.11 Å². The van der Waals surface area contributed by atoms with E-state index in [4.69, 9.17) is 9.72 Å². The van der Waals surface area contributed by atoms with E-state index in [0.29, 0.717) is 18.0 Å². The Balaban J connectivity index is 1.63. The van der Waals surface area contributed by atoms with Crippen LogP contribution in [0.5, 0.6) is 5.75 Å². The summed E-state index contributed by atoms with van der Waals surface area (Å²) in [5, 5.41) is 0.642. The Labute approximate surface area is 159 Å². The summed E-state index contributed by atoms with van der Waals surface area (Å²) in [7, 11) is 1.69. The Hall–Kier alpha value is -2.66. The van der Waals surface area contributed by atoms with Gasteiger partial charge in [-0.1, -0.05) is 37.1 Å². The molecule has 4 rings (SSSR count). The second-order valence-corrected chi connectivity index (χ2v) is 7.14. The van der Waals surface area contributed by atoms with Gasteiger partial charge in [0.25, 0.3) is 5.56 Å². The first-order valence-corrected chi connectivity index (χ1v) is 9.60. The van der Waals surface area contributed by atoms with Gasteiger partial charge in [-0.15, -0.1) is 0 Å². The van der Waals surface area contributed by atoms with Gasteiger partial charge in [0.05, 0.1) is 24.6 Å². The molecule has 2 aromatic carbocycles. The third-order valence-electron chi connectivity index (χ3n) is 5.38. The van der Waals surface area contributed by atoms with Gasteiger partial charge in [-0.2, -0.15) is 0 Å². The molecule has 5 heteroatoms. The van der Waals surface area contributed by atoms with Gasteiger partial charge < -0.3 is 9.72 Å². The highest BCUT2D eigenvalue weighted by Gasteiger charge is 2.23. The van der Waals surface area contributed by atoms with E-state index in [2.05, 4.69) is 22.0 Å². The average molecular weight is 363 g/mol. The second kappa shape index (κ2) is 7.92. The zero-order valence-electron chi connectivity index (χ0n) is 15.6. The summed E-state index contributed by atoms with van der Waals surface area (Å²) < 4.78 is 5.29. The van der Waals surface area contributed by atoms with Crippen LogP contribution in [0.1, 0.15) is 43.1 Å². The van der Waals surface area contributed by atoms with Crippen molar-refractivity contribution in [2.75, 3.05) is 13.7 Å². The molecule has 1 atom stereocenters. The predicted molar refractivity (Wildman–Crippen MR) is 107 cm³/mol. The molecule has 3 aromatic rings. The number of nitrogens with zero attached hydrogens (tertiary/aromatic N) is 2. The fraction of sp³-hybridized carbons (Fsp3) is 0.364. The standard InChI is InChI=1S/C22H25N3O2/c1-27-17-12-10-16(11-13-17)20-9-3-2-6-14-25(20)15-21-23-19-8-5-4-7-18(19)22(26)24-21/h4-5,7-8,10-13,20H,2-3,6,9,14-15H2,1H3,(H,23,24,26). The van der Waals surface area contributed by atoms with Crippen LogP contribution < -0.4 is 10.3 Å². The molecule has 0 aliphatic carbocycles. The van der Waals surface area contributed by atoms with Gasteiger partial charge in [0.15, 0.2) is 0 Å². The summed E-state index contributed by atoms with van der Waals surface area (Å²) >= 11 is 0. The molecule has 1 aliphatic rings. The van der Waals surface area contributed by atoms with E-state index in [9.17, 15) is 4.79 Å². The monoisotopic (exact) mass is 363 g/mol. The number of H-pyrrole nitrogens is 1. The SMILES string of the molecule is COc1ccc(C2CCCCCN2Cc2nc3ccccc3c(=O)[nH]2)cc1. The zero-order chi connectivity index (χ0) is 18.6. The fourth-order valence-corrected chi connectivity index (χ4v) is 3.96. The molecule has 0 radical (unpaired) electrons. The van der Waals surface area contributed by atoms with Crippen molar-refractivity contribution < 1.29 is 4.74 Å². The number of benzene rings is 2. The van der Waals surface area contributed by atoms with Crippen molar-refractivity contribution in [1.29, 1.82) is 0 Å². The van der Waals surface area contributed by atoms with Gasteiger partial charge in [0.2, 0.25) is 0 Å². The van der Waals surface area contributed by atoms with Crippen molar-refractivity contribution in [1.82, 2.24) is 14.9 Å². The fourth-order valence-electron chi connectivity index (χ4n) is 3.96. The van der Waals surface area contributed by atoms with Crippen LogP contribution in [0.15, 0.2) is 53.3 Å². The molecule has 140 valence electrons. The number of likely N-dealkylation sites (tertiary alicyclic amines) is 1. The third kappa shape index (κ3) is 3.88. The number of ether oxygens (including phenoxy) is 1. The molecule has 1 aromatic heterocycles. The molecule has 27 heavy (non-hydrogen) atoms. The summed E-state index contributed by atoms with van der Waals surface area (Å²) in [5.41, 5.74) is 1.99. The largest absolute Gasteiger partial charge is 0.497 e. The van der Waals surface area contributed by atoms with E-state index < -0.39 is 0 Å². The summed E-state index contributed by atoms with van der Waals surface area (Å²) in [5.74, 6) is 1.61. The highest BCUT2D eigenvalue weighted by Crippen LogP contribution is 2.32. The molecule has 2 heterocycles. The Kier molecular flexibility index (Phi) is 5.21. The van der Waals surface area contributed by atoms with Crippen molar-refractivity contribution in [2.45, 2.75) is 38.3 Å². The molecule has 1 aliphatic heterocycles. The van der Waals surface area contributed by atoms with Crippen molar-refractivity contribution >= 4 is 10.9 Å². The van der Waals surface area contributed by atoms with Crippen LogP contribution in [0.4, 0.5) is 0 Å². The van der Waals surface area contributed by atoms with E-state index >= 15 is 0 Å². The van der Waals surface area contributed by atoms with Crippen molar-refractivity contribution in [3.05, 3.63) is 70.3 Å². The minimum absolute atomic E-state index is 0.0635. The van der Waals surface area contributed by atoms with Crippen LogP contribution in [0.3, 0.4) is 0 Å². The maximum Gasteiger partial charge on any atom is 0.258 e. The number of para-hydroxylation sites is 1. The Morgan fingerprint density at radius 2 is 1.93 bits per heavy atom. The molecule has 1 unspecified atom stereocenters. The van der Waals surface area contributed by atoms with E-state index in [0.717, 1.165) is 30.1 Å².